The van der Waals surface area contributed by atoms with Gasteiger partial charge >= 0.3 is 8.80 Å². The fourth-order valence-electron chi connectivity index (χ4n) is 2.30. The van der Waals surface area contributed by atoms with Gasteiger partial charge in [0.1, 0.15) is 6.10 Å². The van der Waals surface area contributed by atoms with Crippen LogP contribution in [0.2, 0.25) is 0 Å². The van der Waals surface area contributed by atoms with Gasteiger partial charge in [0.15, 0.2) is 0 Å². The molecule has 126 valence electrons. The van der Waals surface area contributed by atoms with E-state index in [0.29, 0.717) is 6.61 Å². The molecule has 1 aliphatic rings. The minimum Gasteiger partial charge on any atom is -0.368 e. The molecular weight excluding hydrogens is 288 g/mol. The van der Waals surface area contributed by atoms with E-state index in [-0.39, 0.29) is 24.4 Å². The number of epoxide rings is 1. The minimum atomic E-state index is -3.15. The predicted molar refractivity (Wildman–Crippen MR) is 83.9 cm³/mol. The summed E-state index contributed by atoms with van der Waals surface area (Å²) in [7, 11) is -3.15. The molecule has 0 bridgehead atoms. The van der Waals surface area contributed by atoms with E-state index in [1.54, 1.807) is 0 Å². The number of hydrogen-bond donors (Lipinski definition) is 0. The van der Waals surface area contributed by atoms with Crippen molar-refractivity contribution < 1.29 is 22.8 Å². The smallest absolute Gasteiger partial charge is 0.368 e. The molecule has 21 heavy (non-hydrogen) atoms. The van der Waals surface area contributed by atoms with Crippen molar-refractivity contribution in [1.29, 1.82) is 0 Å². The summed E-state index contributed by atoms with van der Waals surface area (Å²) in [6, 6.07) is 0. The van der Waals surface area contributed by atoms with Gasteiger partial charge in [0.2, 0.25) is 0 Å². The normalized spacial score (nSPS) is 26.1. The Hall–Kier alpha value is 0.0169. The second-order valence-corrected chi connectivity index (χ2v) is 8.85. The van der Waals surface area contributed by atoms with E-state index >= 15 is 0 Å². The van der Waals surface area contributed by atoms with E-state index in [9.17, 15) is 0 Å². The molecule has 0 spiro atoms. The van der Waals surface area contributed by atoms with Crippen LogP contribution < -0.4 is 0 Å². The van der Waals surface area contributed by atoms with Gasteiger partial charge in [-0.05, 0) is 54.9 Å². The maximum Gasteiger partial charge on any atom is 0.567 e. The number of rotatable bonds is 10. The zero-order valence-corrected chi connectivity index (χ0v) is 15.8. The fourth-order valence-corrected chi connectivity index (χ4v) is 5.92. The molecule has 0 aromatic rings. The average Bonchev–Trinajstić information content (AvgIpc) is 2.96. The fraction of sp³-hybridized carbons (Fsp3) is 1.00. The SMILES string of the molecule is CCCOC1([Si](OC(C)C)(OC(C)C)OC(C)C)OC1C. The highest BCUT2D eigenvalue weighted by atomic mass is 28.4. The van der Waals surface area contributed by atoms with E-state index < -0.39 is 14.2 Å². The van der Waals surface area contributed by atoms with Crippen LogP contribution in [0, 0.1) is 0 Å². The van der Waals surface area contributed by atoms with Gasteiger partial charge in [0.25, 0.3) is 5.41 Å². The molecule has 6 heteroatoms. The second kappa shape index (κ2) is 7.52. The highest BCUT2D eigenvalue weighted by molar-refractivity contribution is 6.64. The van der Waals surface area contributed by atoms with Gasteiger partial charge in [-0.3, -0.25) is 0 Å². The minimum absolute atomic E-state index is 0.0207. The lowest BCUT2D eigenvalue weighted by molar-refractivity contribution is -0.0944. The van der Waals surface area contributed by atoms with Crippen LogP contribution in [-0.4, -0.2) is 45.2 Å². The summed E-state index contributed by atoms with van der Waals surface area (Å²) in [5.41, 5.74) is -0.859. The molecule has 0 saturated carbocycles. The zero-order valence-electron chi connectivity index (χ0n) is 14.8. The van der Waals surface area contributed by atoms with E-state index in [0.717, 1.165) is 6.42 Å². The van der Waals surface area contributed by atoms with Crippen LogP contribution in [0.4, 0.5) is 0 Å². The Balaban J connectivity index is 3.12. The Bertz CT molecular complexity index is 295. The maximum absolute atomic E-state index is 6.20. The van der Waals surface area contributed by atoms with E-state index in [2.05, 4.69) is 6.92 Å². The molecule has 1 aliphatic heterocycles. The summed E-state index contributed by atoms with van der Waals surface area (Å²) in [6.07, 6.45) is 0.771. The molecule has 0 aromatic carbocycles. The predicted octanol–water partition coefficient (Wildman–Crippen LogP) is 3.28. The van der Waals surface area contributed by atoms with Gasteiger partial charge in [-0.25, -0.2) is 0 Å². The Kier molecular flexibility index (Phi) is 6.83. The van der Waals surface area contributed by atoms with Crippen molar-refractivity contribution >= 4 is 8.80 Å². The van der Waals surface area contributed by atoms with Gasteiger partial charge < -0.3 is 22.8 Å². The molecule has 2 atom stereocenters. The van der Waals surface area contributed by atoms with E-state index in [1.807, 2.05) is 48.5 Å². The first kappa shape index (κ1) is 19.1. The van der Waals surface area contributed by atoms with E-state index in [1.165, 1.54) is 0 Å². The first-order valence-corrected chi connectivity index (χ1v) is 9.76. The Morgan fingerprint density at radius 2 is 1.33 bits per heavy atom. The maximum atomic E-state index is 6.20. The third kappa shape index (κ3) is 4.50. The van der Waals surface area contributed by atoms with Gasteiger partial charge in [0.05, 0.1) is 0 Å². The van der Waals surface area contributed by atoms with Gasteiger partial charge in [0, 0.05) is 24.9 Å². The zero-order chi connectivity index (χ0) is 16.3. The first-order chi connectivity index (χ1) is 9.69. The summed E-state index contributed by atoms with van der Waals surface area (Å²) in [5.74, 6) is 0. The van der Waals surface area contributed by atoms with Crippen LogP contribution in [-0.2, 0) is 22.8 Å². The molecule has 0 aromatic heterocycles. The average molecular weight is 321 g/mol. The first-order valence-electron chi connectivity index (χ1n) is 8.04. The van der Waals surface area contributed by atoms with Crippen molar-refractivity contribution in [3.63, 3.8) is 0 Å². The molecule has 2 unspecified atom stereocenters. The van der Waals surface area contributed by atoms with Crippen LogP contribution in [0.25, 0.3) is 0 Å². The molecule has 1 fully saturated rings. The van der Waals surface area contributed by atoms with Crippen molar-refractivity contribution in [2.45, 2.75) is 91.6 Å². The third-order valence-corrected chi connectivity index (χ3v) is 6.82. The standard InChI is InChI=1S/C15H32O5Si/c1-9-10-16-15(14(8)17-15)21(18-11(2)3,19-12(4)5)20-13(6)7/h11-14H,9-10H2,1-8H3. The largest absolute Gasteiger partial charge is 0.567 e. The highest BCUT2D eigenvalue weighted by Crippen LogP contribution is 2.48. The summed E-state index contributed by atoms with van der Waals surface area (Å²) in [6.45, 7) is 16.5. The van der Waals surface area contributed by atoms with Crippen molar-refractivity contribution in [2.75, 3.05) is 6.61 Å². The lowest BCUT2D eigenvalue weighted by Gasteiger charge is -2.38. The van der Waals surface area contributed by atoms with E-state index in [4.69, 9.17) is 22.8 Å². The van der Waals surface area contributed by atoms with Gasteiger partial charge in [-0.15, -0.1) is 0 Å². The van der Waals surface area contributed by atoms with Crippen molar-refractivity contribution in [2.24, 2.45) is 0 Å². The van der Waals surface area contributed by atoms with Crippen LogP contribution >= 0.6 is 0 Å². The van der Waals surface area contributed by atoms with Crippen LogP contribution in [0.1, 0.15) is 61.8 Å². The molecule has 5 nitrogen and oxygen atoms in total. The third-order valence-electron chi connectivity index (χ3n) is 2.95. The molecule has 0 N–H and O–H groups in total. The quantitative estimate of drug-likeness (QED) is 0.457. The van der Waals surface area contributed by atoms with Gasteiger partial charge in [-0.1, -0.05) is 6.92 Å². The number of hydrogen-bond acceptors (Lipinski definition) is 5. The molecule has 1 heterocycles. The van der Waals surface area contributed by atoms with Crippen molar-refractivity contribution in [3.05, 3.63) is 0 Å². The molecule has 0 radical (unpaired) electrons. The lowest BCUT2D eigenvalue weighted by atomic mass is 10.5. The molecular formula is C15H32O5Si. The topological polar surface area (TPSA) is 49.5 Å². The van der Waals surface area contributed by atoms with Crippen LogP contribution in [0.15, 0.2) is 0 Å². The summed E-state index contributed by atoms with van der Waals surface area (Å²) in [4.78, 5) is 0. The Morgan fingerprint density at radius 1 is 0.952 bits per heavy atom. The molecule has 1 saturated heterocycles. The molecule has 0 aliphatic carbocycles. The molecule has 0 amide bonds. The highest BCUT2D eigenvalue weighted by Gasteiger charge is 2.78. The summed E-state index contributed by atoms with van der Waals surface area (Å²) >= 11 is 0. The lowest BCUT2D eigenvalue weighted by Crippen LogP contribution is -2.64. The van der Waals surface area contributed by atoms with Gasteiger partial charge in [-0.2, -0.15) is 0 Å². The molecule has 1 rings (SSSR count). The monoisotopic (exact) mass is 320 g/mol. The summed E-state index contributed by atoms with van der Waals surface area (Å²) < 4.78 is 30.5. The van der Waals surface area contributed by atoms with Crippen molar-refractivity contribution in [3.8, 4) is 0 Å². The van der Waals surface area contributed by atoms with Crippen LogP contribution in [0.5, 0.6) is 0 Å². The van der Waals surface area contributed by atoms with Crippen LogP contribution in [0.3, 0.4) is 0 Å². The summed E-state index contributed by atoms with van der Waals surface area (Å²) in [5, 5.41) is 0. The second-order valence-electron chi connectivity index (χ2n) is 6.33. The number of ether oxygens (including phenoxy) is 2. The van der Waals surface area contributed by atoms with Crippen molar-refractivity contribution in [1.82, 2.24) is 0 Å². The Labute approximate surface area is 130 Å². The Morgan fingerprint density at radius 3 is 1.57 bits per heavy atom.